The summed E-state index contributed by atoms with van der Waals surface area (Å²) in [4.78, 5) is 1.37. The molecule has 0 spiro atoms. The molecule has 134 valence electrons. The Morgan fingerprint density at radius 3 is 2.56 bits per heavy atom. The molecular weight excluding hydrogens is 392 g/mol. The zero-order chi connectivity index (χ0) is 18.0. The fourth-order valence-corrected chi connectivity index (χ4v) is 6.12. The van der Waals surface area contributed by atoms with Crippen LogP contribution in [0.3, 0.4) is 0 Å². The molecule has 1 aliphatic heterocycles. The summed E-state index contributed by atoms with van der Waals surface area (Å²) >= 11 is 5.71. The van der Waals surface area contributed by atoms with Gasteiger partial charge >= 0.3 is 0 Å². The van der Waals surface area contributed by atoms with Gasteiger partial charge < -0.3 is 4.74 Å². The minimum Gasteiger partial charge on any atom is -0.496 e. The molecule has 0 amide bonds. The third-order valence-corrected chi connectivity index (χ3v) is 7.92. The first kappa shape index (κ1) is 18.8. The largest absolute Gasteiger partial charge is 0.496 e. The van der Waals surface area contributed by atoms with Crippen molar-refractivity contribution in [3.8, 4) is 5.75 Å². The van der Waals surface area contributed by atoms with Crippen molar-refractivity contribution in [3.05, 3.63) is 58.1 Å². The Kier molecular flexibility index (Phi) is 5.85. The molecule has 3 rings (SSSR count). The smallest absolute Gasteiger partial charge is 0.134 e. The summed E-state index contributed by atoms with van der Waals surface area (Å²) in [6.07, 6.45) is 2.41. The summed E-state index contributed by atoms with van der Waals surface area (Å²) < 4.78 is 6.60. The lowest BCUT2D eigenvalue weighted by Gasteiger charge is -2.38. The summed E-state index contributed by atoms with van der Waals surface area (Å²) in [6, 6.07) is 15.5. The molecule has 0 aromatic heterocycles. The van der Waals surface area contributed by atoms with Crippen LogP contribution >= 0.6 is 27.7 Å². The van der Waals surface area contributed by atoms with E-state index in [0.29, 0.717) is 17.3 Å². The van der Waals surface area contributed by atoms with Crippen LogP contribution < -0.4 is 4.74 Å². The van der Waals surface area contributed by atoms with Crippen molar-refractivity contribution < 1.29 is 4.74 Å². The van der Waals surface area contributed by atoms with Crippen molar-refractivity contribution in [2.45, 2.75) is 44.4 Å². The van der Waals surface area contributed by atoms with E-state index in [4.69, 9.17) is 4.74 Å². The van der Waals surface area contributed by atoms with Gasteiger partial charge in [-0.15, -0.1) is 11.8 Å². The Labute approximate surface area is 164 Å². The maximum absolute atomic E-state index is 5.56. The second-order valence-corrected chi connectivity index (χ2v) is 9.22. The van der Waals surface area contributed by atoms with E-state index >= 15 is 0 Å². The molecule has 0 aliphatic carbocycles. The number of hydrogen-bond donors (Lipinski definition) is 0. The van der Waals surface area contributed by atoms with Crippen LogP contribution in [0.4, 0.5) is 0 Å². The highest BCUT2D eigenvalue weighted by atomic mass is 79.9. The van der Waals surface area contributed by atoms with E-state index in [2.05, 4.69) is 79.2 Å². The van der Waals surface area contributed by atoms with Gasteiger partial charge in [-0.1, -0.05) is 51.1 Å². The van der Waals surface area contributed by atoms with Crippen LogP contribution in [0.2, 0.25) is 0 Å². The van der Waals surface area contributed by atoms with Gasteiger partial charge in [-0.25, -0.2) is 0 Å². The van der Waals surface area contributed by atoms with Crippen molar-refractivity contribution >= 4 is 27.7 Å². The van der Waals surface area contributed by atoms with Crippen LogP contribution in [0.1, 0.15) is 50.7 Å². The molecular formula is C22H27BrOS. The maximum atomic E-state index is 5.56. The molecule has 2 aromatic carbocycles. The quantitative estimate of drug-likeness (QED) is 0.521. The molecule has 1 aliphatic rings. The highest BCUT2D eigenvalue weighted by Gasteiger charge is 2.39. The number of benzene rings is 2. The summed E-state index contributed by atoms with van der Waals surface area (Å²) in [5.74, 6) is 3.18. The number of ether oxygens (including phenoxy) is 1. The first-order chi connectivity index (χ1) is 12.0. The van der Waals surface area contributed by atoms with Gasteiger partial charge in [0.25, 0.3) is 0 Å². The number of halogens is 1. The van der Waals surface area contributed by atoms with Gasteiger partial charge in [-0.2, -0.15) is 0 Å². The van der Waals surface area contributed by atoms with Gasteiger partial charge in [0.05, 0.1) is 11.6 Å². The number of thioether (sulfide) groups is 1. The monoisotopic (exact) mass is 418 g/mol. The number of fused-ring (bicyclic) bond motifs is 1. The van der Waals surface area contributed by atoms with Crippen LogP contribution in [-0.2, 0) is 0 Å². The first-order valence-electron chi connectivity index (χ1n) is 9.06. The fraction of sp³-hybridized carbons (Fsp3) is 0.455. The molecule has 0 fully saturated rings. The third kappa shape index (κ3) is 3.64. The minimum atomic E-state index is 0.351. The zero-order valence-electron chi connectivity index (χ0n) is 15.5. The lowest BCUT2D eigenvalue weighted by Crippen LogP contribution is -2.30. The van der Waals surface area contributed by atoms with Crippen molar-refractivity contribution in [3.63, 3.8) is 0 Å². The number of rotatable bonds is 4. The Morgan fingerprint density at radius 2 is 1.96 bits per heavy atom. The van der Waals surface area contributed by atoms with E-state index in [-0.39, 0.29) is 0 Å². The van der Waals surface area contributed by atoms with E-state index in [1.807, 2.05) is 11.8 Å². The second kappa shape index (κ2) is 7.75. The topological polar surface area (TPSA) is 9.23 Å². The Bertz CT molecular complexity index is 728. The summed E-state index contributed by atoms with van der Waals surface area (Å²) in [5.41, 5.74) is 3.20. The highest BCUT2D eigenvalue weighted by molar-refractivity contribution is 9.10. The van der Waals surface area contributed by atoms with Gasteiger partial charge in [-0.3, -0.25) is 0 Å². The van der Waals surface area contributed by atoms with Crippen LogP contribution in [0.15, 0.2) is 51.8 Å². The average molecular weight is 419 g/mol. The predicted octanol–water partition coefficient (Wildman–Crippen LogP) is 7.14. The standard InChI is InChI=1S/C22H27BrOS/c1-5-22(15(2)3)13-18(16-9-7-6-8-10-16)17-11-19(23)20(24-4)12-21(17)25-14-22/h6-12,15,18H,5,13-14H2,1-4H3. The van der Waals surface area contributed by atoms with E-state index in [0.717, 1.165) is 10.2 Å². The van der Waals surface area contributed by atoms with Crippen molar-refractivity contribution in [1.82, 2.24) is 0 Å². The van der Waals surface area contributed by atoms with E-state index < -0.39 is 0 Å². The van der Waals surface area contributed by atoms with Crippen LogP contribution in [0, 0.1) is 11.3 Å². The molecule has 1 heterocycles. The summed E-state index contributed by atoms with van der Waals surface area (Å²) in [7, 11) is 1.74. The molecule has 0 bridgehead atoms. The fourth-order valence-electron chi connectivity index (χ4n) is 3.94. The van der Waals surface area contributed by atoms with E-state index in [1.54, 1.807) is 7.11 Å². The first-order valence-corrected chi connectivity index (χ1v) is 10.8. The Hall–Kier alpha value is -0.930. The van der Waals surface area contributed by atoms with Crippen molar-refractivity contribution in [2.24, 2.45) is 11.3 Å². The molecule has 0 N–H and O–H groups in total. The van der Waals surface area contributed by atoms with E-state index in [1.165, 1.54) is 34.6 Å². The molecule has 1 nitrogen and oxygen atoms in total. The SMILES string of the molecule is CCC1(C(C)C)CSc2cc(OC)c(Br)cc2C(c2ccccc2)C1. The summed E-state index contributed by atoms with van der Waals surface area (Å²) in [5, 5.41) is 0. The Balaban J connectivity index is 2.16. The van der Waals surface area contributed by atoms with Gasteiger partial charge in [0.1, 0.15) is 5.75 Å². The summed E-state index contributed by atoms with van der Waals surface area (Å²) in [6.45, 7) is 7.13. The lowest BCUT2D eigenvalue weighted by molar-refractivity contribution is 0.190. The molecule has 2 atom stereocenters. The van der Waals surface area contributed by atoms with Gasteiger partial charge in [0.2, 0.25) is 0 Å². The molecule has 0 saturated heterocycles. The molecule has 2 unspecified atom stereocenters. The third-order valence-electron chi connectivity index (χ3n) is 5.92. The normalized spacial score (nSPS) is 23.2. The van der Waals surface area contributed by atoms with Crippen LogP contribution in [0.5, 0.6) is 5.75 Å². The Morgan fingerprint density at radius 1 is 1.24 bits per heavy atom. The second-order valence-electron chi connectivity index (χ2n) is 7.35. The van der Waals surface area contributed by atoms with Crippen molar-refractivity contribution in [2.75, 3.05) is 12.9 Å². The molecule has 3 heteroatoms. The zero-order valence-corrected chi connectivity index (χ0v) is 17.9. The number of hydrogen-bond acceptors (Lipinski definition) is 2. The van der Waals surface area contributed by atoms with Crippen LogP contribution in [-0.4, -0.2) is 12.9 Å². The number of methoxy groups -OCH3 is 1. The van der Waals surface area contributed by atoms with Crippen LogP contribution in [0.25, 0.3) is 0 Å². The minimum absolute atomic E-state index is 0.351. The van der Waals surface area contributed by atoms with Gasteiger partial charge in [-0.05, 0) is 63.4 Å². The molecule has 25 heavy (non-hydrogen) atoms. The average Bonchev–Trinajstić information content (AvgIpc) is 2.79. The molecule has 2 aromatic rings. The van der Waals surface area contributed by atoms with E-state index in [9.17, 15) is 0 Å². The van der Waals surface area contributed by atoms with Gasteiger partial charge in [0, 0.05) is 16.6 Å². The molecule has 0 radical (unpaired) electrons. The predicted molar refractivity (Wildman–Crippen MR) is 112 cm³/mol. The van der Waals surface area contributed by atoms with Crippen molar-refractivity contribution in [1.29, 1.82) is 0 Å². The maximum Gasteiger partial charge on any atom is 0.134 e. The highest BCUT2D eigenvalue weighted by Crippen LogP contribution is 2.52. The molecule has 0 saturated carbocycles. The lowest BCUT2D eigenvalue weighted by atomic mass is 9.68. The van der Waals surface area contributed by atoms with Gasteiger partial charge in [0.15, 0.2) is 0 Å².